The SMILES string of the molecule is CCCCCCCCNC(C)c1ccccc1OCC1CCCO1. The van der Waals surface area contributed by atoms with Gasteiger partial charge in [0.1, 0.15) is 12.4 Å². The van der Waals surface area contributed by atoms with Crippen LogP contribution in [0.25, 0.3) is 0 Å². The summed E-state index contributed by atoms with van der Waals surface area (Å²) in [6.07, 6.45) is 10.6. The molecule has 24 heavy (non-hydrogen) atoms. The van der Waals surface area contributed by atoms with Crippen LogP contribution in [0.15, 0.2) is 24.3 Å². The molecule has 1 fully saturated rings. The first-order valence-corrected chi connectivity index (χ1v) is 9.88. The molecule has 3 heteroatoms. The maximum Gasteiger partial charge on any atom is 0.124 e. The lowest BCUT2D eigenvalue weighted by Crippen LogP contribution is -2.22. The molecule has 1 aromatic carbocycles. The van der Waals surface area contributed by atoms with Crippen LogP contribution in [0.3, 0.4) is 0 Å². The molecule has 3 nitrogen and oxygen atoms in total. The topological polar surface area (TPSA) is 30.5 Å². The van der Waals surface area contributed by atoms with Crippen molar-refractivity contribution >= 4 is 0 Å². The average molecular weight is 334 g/mol. The molecule has 0 amide bonds. The minimum atomic E-state index is 0.268. The third kappa shape index (κ3) is 6.82. The van der Waals surface area contributed by atoms with E-state index in [1.54, 1.807) is 0 Å². The molecule has 1 aliphatic rings. The number of para-hydroxylation sites is 1. The van der Waals surface area contributed by atoms with Gasteiger partial charge < -0.3 is 14.8 Å². The van der Waals surface area contributed by atoms with Crippen LogP contribution >= 0.6 is 0 Å². The van der Waals surface area contributed by atoms with Gasteiger partial charge in [-0.2, -0.15) is 0 Å². The second-order valence-corrected chi connectivity index (χ2v) is 6.93. The Morgan fingerprint density at radius 2 is 1.96 bits per heavy atom. The maximum absolute atomic E-state index is 6.05. The Morgan fingerprint density at radius 1 is 1.17 bits per heavy atom. The van der Waals surface area contributed by atoms with Crippen molar-refractivity contribution in [3.05, 3.63) is 29.8 Å². The molecule has 136 valence electrons. The molecule has 1 N–H and O–H groups in total. The summed E-state index contributed by atoms with van der Waals surface area (Å²) in [7, 11) is 0. The molecule has 0 radical (unpaired) electrons. The van der Waals surface area contributed by atoms with Gasteiger partial charge in [-0.15, -0.1) is 0 Å². The van der Waals surface area contributed by atoms with Crippen molar-refractivity contribution in [2.45, 2.75) is 77.4 Å². The highest BCUT2D eigenvalue weighted by Crippen LogP contribution is 2.26. The Morgan fingerprint density at radius 3 is 2.75 bits per heavy atom. The smallest absolute Gasteiger partial charge is 0.124 e. The van der Waals surface area contributed by atoms with Gasteiger partial charge in [-0.3, -0.25) is 0 Å². The third-order valence-electron chi connectivity index (χ3n) is 4.82. The fourth-order valence-electron chi connectivity index (χ4n) is 3.26. The summed E-state index contributed by atoms with van der Waals surface area (Å²) in [6.45, 7) is 7.12. The van der Waals surface area contributed by atoms with Crippen molar-refractivity contribution in [1.82, 2.24) is 5.32 Å². The van der Waals surface area contributed by atoms with Crippen LogP contribution in [0.1, 0.15) is 76.8 Å². The second-order valence-electron chi connectivity index (χ2n) is 6.93. The van der Waals surface area contributed by atoms with Crippen molar-refractivity contribution in [2.24, 2.45) is 0 Å². The van der Waals surface area contributed by atoms with Crippen LogP contribution in [-0.2, 0) is 4.74 Å². The first kappa shape index (κ1) is 19.3. The van der Waals surface area contributed by atoms with Crippen molar-refractivity contribution in [2.75, 3.05) is 19.8 Å². The number of hydrogen-bond donors (Lipinski definition) is 1. The second kappa shape index (κ2) is 11.5. The van der Waals surface area contributed by atoms with Gasteiger partial charge in [0.25, 0.3) is 0 Å². The van der Waals surface area contributed by atoms with Gasteiger partial charge in [0.05, 0.1) is 6.10 Å². The summed E-state index contributed by atoms with van der Waals surface area (Å²) in [5, 5.41) is 3.65. The van der Waals surface area contributed by atoms with E-state index in [2.05, 4.69) is 43.4 Å². The van der Waals surface area contributed by atoms with Crippen LogP contribution in [0.2, 0.25) is 0 Å². The number of rotatable bonds is 12. The van der Waals surface area contributed by atoms with E-state index < -0.39 is 0 Å². The van der Waals surface area contributed by atoms with E-state index in [-0.39, 0.29) is 6.10 Å². The summed E-state index contributed by atoms with van der Waals surface area (Å²) < 4.78 is 11.7. The first-order valence-electron chi connectivity index (χ1n) is 9.88. The molecule has 2 atom stereocenters. The predicted octanol–water partition coefficient (Wildman–Crippen LogP) is 5.26. The lowest BCUT2D eigenvalue weighted by Gasteiger charge is -2.19. The third-order valence-corrected chi connectivity index (χ3v) is 4.82. The van der Waals surface area contributed by atoms with Crippen molar-refractivity contribution in [3.63, 3.8) is 0 Å². The van der Waals surface area contributed by atoms with Crippen molar-refractivity contribution in [3.8, 4) is 5.75 Å². The lowest BCUT2D eigenvalue weighted by atomic mass is 10.1. The Bertz CT molecular complexity index is 443. The summed E-state index contributed by atoms with van der Waals surface area (Å²) >= 11 is 0. The van der Waals surface area contributed by atoms with Crippen LogP contribution in [-0.4, -0.2) is 25.9 Å². The van der Waals surface area contributed by atoms with Crippen molar-refractivity contribution < 1.29 is 9.47 Å². The van der Waals surface area contributed by atoms with Crippen LogP contribution in [0, 0.1) is 0 Å². The predicted molar refractivity (Wildman–Crippen MR) is 101 cm³/mol. The summed E-state index contributed by atoms with van der Waals surface area (Å²) in [5.41, 5.74) is 1.25. The van der Waals surface area contributed by atoms with E-state index in [4.69, 9.17) is 9.47 Å². The number of nitrogens with one attached hydrogen (secondary N) is 1. The molecular formula is C21H35NO2. The van der Waals surface area contributed by atoms with Crippen molar-refractivity contribution in [1.29, 1.82) is 0 Å². The van der Waals surface area contributed by atoms with E-state index in [0.29, 0.717) is 12.6 Å². The van der Waals surface area contributed by atoms with E-state index >= 15 is 0 Å². The van der Waals surface area contributed by atoms with E-state index in [9.17, 15) is 0 Å². The lowest BCUT2D eigenvalue weighted by molar-refractivity contribution is 0.0674. The molecule has 0 bridgehead atoms. The molecule has 1 aliphatic heterocycles. The average Bonchev–Trinajstić information content (AvgIpc) is 3.13. The minimum Gasteiger partial charge on any atom is -0.491 e. The normalized spacial score (nSPS) is 18.7. The van der Waals surface area contributed by atoms with Gasteiger partial charge in [-0.25, -0.2) is 0 Å². The van der Waals surface area contributed by atoms with E-state index in [0.717, 1.165) is 31.7 Å². The van der Waals surface area contributed by atoms with Gasteiger partial charge >= 0.3 is 0 Å². The monoisotopic (exact) mass is 333 g/mol. The Kier molecular flexibility index (Phi) is 9.22. The zero-order valence-corrected chi connectivity index (χ0v) is 15.6. The van der Waals surface area contributed by atoms with Gasteiger partial charge in [-0.1, -0.05) is 57.2 Å². The van der Waals surface area contributed by atoms with Gasteiger partial charge in [-0.05, 0) is 38.8 Å². The molecule has 0 aliphatic carbocycles. The Hall–Kier alpha value is -1.06. The van der Waals surface area contributed by atoms with Crippen LogP contribution in [0.5, 0.6) is 5.75 Å². The number of hydrogen-bond acceptors (Lipinski definition) is 3. The Balaban J connectivity index is 1.71. The zero-order valence-electron chi connectivity index (χ0n) is 15.6. The van der Waals surface area contributed by atoms with Gasteiger partial charge in [0, 0.05) is 18.2 Å². The summed E-state index contributed by atoms with van der Waals surface area (Å²) in [5.74, 6) is 0.996. The molecule has 2 rings (SSSR count). The number of benzene rings is 1. The zero-order chi connectivity index (χ0) is 17.0. The fourth-order valence-corrected chi connectivity index (χ4v) is 3.26. The highest BCUT2D eigenvalue weighted by Gasteiger charge is 2.17. The molecule has 0 spiro atoms. The standard InChI is InChI=1S/C21H35NO2/c1-3-4-5-6-7-10-15-22-18(2)20-13-8-9-14-21(20)24-17-19-12-11-16-23-19/h8-9,13-14,18-19,22H,3-7,10-12,15-17H2,1-2H3. The molecule has 1 aromatic rings. The molecule has 0 aromatic heterocycles. The van der Waals surface area contributed by atoms with E-state index in [1.807, 2.05) is 0 Å². The molecular weight excluding hydrogens is 298 g/mol. The Labute approximate surface area is 148 Å². The van der Waals surface area contributed by atoms with Crippen LogP contribution < -0.4 is 10.1 Å². The highest BCUT2D eigenvalue weighted by molar-refractivity contribution is 5.35. The van der Waals surface area contributed by atoms with Gasteiger partial charge in [0.2, 0.25) is 0 Å². The largest absolute Gasteiger partial charge is 0.491 e. The molecule has 1 saturated heterocycles. The number of unbranched alkanes of at least 4 members (excludes halogenated alkanes) is 5. The fraction of sp³-hybridized carbons (Fsp3) is 0.714. The van der Waals surface area contributed by atoms with Gasteiger partial charge in [0.15, 0.2) is 0 Å². The number of ether oxygens (including phenoxy) is 2. The molecule has 0 saturated carbocycles. The molecule has 1 heterocycles. The minimum absolute atomic E-state index is 0.268. The quantitative estimate of drug-likeness (QED) is 0.530. The van der Waals surface area contributed by atoms with E-state index in [1.165, 1.54) is 44.1 Å². The molecule has 2 unspecified atom stereocenters. The maximum atomic E-state index is 6.05. The summed E-state index contributed by atoms with van der Waals surface area (Å²) in [4.78, 5) is 0. The summed E-state index contributed by atoms with van der Waals surface area (Å²) in [6, 6.07) is 8.71. The first-order chi connectivity index (χ1) is 11.8. The highest BCUT2D eigenvalue weighted by atomic mass is 16.5. The van der Waals surface area contributed by atoms with Crippen LogP contribution in [0.4, 0.5) is 0 Å².